The Morgan fingerprint density at radius 2 is 1.94 bits per heavy atom. The van der Waals surface area contributed by atoms with Crippen LogP contribution in [0.1, 0.15) is 34.6 Å². The summed E-state index contributed by atoms with van der Waals surface area (Å²) in [4.78, 5) is 33.5. The van der Waals surface area contributed by atoms with Crippen molar-refractivity contribution in [2.24, 2.45) is 5.92 Å². The number of halogens is 1. The molecule has 6 nitrogen and oxygen atoms in total. The normalized spacial score (nSPS) is 15.3. The number of ether oxygens (including phenoxy) is 2. The molecule has 1 aliphatic heterocycles. The zero-order valence-corrected chi connectivity index (χ0v) is 22.5. The van der Waals surface area contributed by atoms with Crippen molar-refractivity contribution in [3.63, 3.8) is 0 Å². The molecule has 0 bridgehead atoms. The molecule has 1 atom stereocenters. The zero-order chi connectivity index (χ0) is 25.4. The van der Waals surface area contributed by atoms with E-state index < -0.39 is 0 Å². The Balaban J connectivity index is 1.59. The molecule has 0 spiro atoms. The Bertz CT molecular complexity index is 1480. The molecule has 0 unspecified atom stereocenters. The smallest absolute Gasteiger partial charge is 0.267 e. The predicted molar refractivity (Wildman–Crippen MR) is 145 cm³/mol. The minimum Gasteiger partial charge on any atom is -0.497 e. The van der Waals surface area contributed by atoms with Crippen LogP contribution < -0.4 is 10.3 Å². The van der Waals surface area contributed by atoms with Crippen LogP contribution >= 0.6 is 34.7 Å². The fraction of sp³-hybridized carbons (Fsp3) is 0.296. The number of hydrogen-bond donors (Lipinski definition) is 0. The van der Waals surface area contributed by atoms with Gasteiger partial charge in [0.15, 0.2) is 10.9 Å². The first kappa shape index (κ1) is 25.0. The molecule has 0 fully saturated rings. The molecule has 5 rings (SSSR count). The summed E-state index contributed by atoms with van der Waals surface area (Å²) in [6.07, 6.45) is 0.754. The van der Waals surface area contributed by atoms with Gasteiger partial charge in [-0.2, -0.15) is 0 Å². The number of methoxy groups -OCH3 is 1. The van der Waals surface area contributed by atoms with E-state index in [9.17, 15) is 9.59 Å². The van der Waals surface area contributed by atoms with Gasteiger partial charge in [-0.1, -0.05) is 37.2 Å². The lowest BCUT2D eigenvalue weighted by Crippen LogP contribution is -2.28. The van der Waals surface area contributed by atoms with E-state index in [-0.39, 0.29) is 23.2 Å². The Morgan fingerprint density at radius 3 is 2.61 bits per heavy atom. The fourth-order valence-electron chi connectivity index (χ4n) is 4.24. The van der Waals surface area contributed by atoms with E-state index >= 15 is 0 Å². The van der Waals surface area contributed by atoms with Crippen molar-refractivity contribution < 1.29 is 14.3 Å². The van der Waals surface area contributed by atoms with Crippen molar-refractivity contribution in [1.29, 1.82) is 0 Å². The van der Waals surface area contributed by atoms with Gasteiger partial charge in [-0.05, 0) is 60.0 Å². The van der Waals surface area contributed by atoms with Crippen LogP contribution in [-0.2, 0) is 17.8 Å². The molecule has 0 saturated carbocycles. The highest BCUT2D eigenvalue weighted by atomic mass is 35.5. The number of ketones is 1. The van der Waals surface area contributed by atoms with E-state index in [0.717, 1.165) is 10.4 Å². The lowest BCUT2D eigenvalue weighted by Gasteiger charge is -2.26. The van der Waals surface area contributed by atoms with Crippen LogP contribution in [0.15, 0.2) is 58.5 Å². The standard InChI is InChI=1S/C27H25ClN2O4S2/c1-15(2)22-12-20-23(13-34-22)36-25-24(20)26(32)30(18-8-10-19(33-3)11-9-18)27(29-25)35-14-21(31)16-4-6-17(28)7-5-16/h4-11,15,22H,12-14H2,1-3H3/t22-/m1/s1. The summed E-state index contributed by atoms with van der Waals surface area (Å²) in [5.41, 5.74) is 2.14. The Labute approximate surface area is 222 Å². The summed E-state index contributed by atoms with van der Waals surface area (Å²) < 4.78 is 12.9. The zero-order valence-electron chi connectivity index (χ0n) is 20.1. The number of benzene rings is 2. The van der Waals surface area contributed by atoms with Crippen LogP contribution in [0.25, 0.3) is 15.9 Å². The number of nitrogens with zero attached hydrogens (tertiary/aromatic N) is 2. The average Bonchev–Trinajstić information content (AvgIpc) is 3.25. The highest BCUT2D eigenvalue weighted by molar-refractivity contribution is 7.99. The monoisotopic (exact) mass is 540 g/mol. The maximum Gasteiger partial charge on any atom is 0.267 e. The SMILES string of the molecule is COc1ccc(-n2c(SCC(=O)c3ccc(Cl)cc3)nc3sc4c(c3c2=O)C[C@H](C(C)C)OC4)cc1. The molecule has 3 heterocycles. The van der Waals surface area contributed by atoms with Crippen LogP contribution in [0, 0.1) is 5.92 Å². The van der Waals surface area contributed by atoms with Crippen molar-refractivity contribution in [1.82, 2.24) is 9.55 Å². The van der Waals surface area contributed by atoms with Gasteiger partial charge >= 0.3 is 0 Å². The molecule has 2 aromatic heterocycles. The second kappa shape index (κ2) is 10.4. The fourth-order valence-corrected chi connectivity index (χ4v) is 6.44. The first-order valence-electron chi connectivity index (χ1n) is 11.6. The second-order valence-corrected chi connectivity index (χ2v) is 11.4. The molecule has 2 aromatic carbocycles. The van der Waals surface area contributed by atoms with Gasteiger partial charge in [0.2, 0.25) is 0 Å². The number of carbonyl (C=O) groups excluding carboxylic acids is 1. The van der Waals surface area contributed by atoms with Crippen molar-refractivity contribution in [3.05, 3.63) is 79.9 Å². The maximum atomic E-state index is 14.0. The summed E-state index contributed by atoms with van der Waals surface area (Å²) in [5, 5.41) is 1.69. The molecule has 0 radical (unpaired) electrons. The number of thiophene rings is 1. The molecule has 186 valence electrons. The topological polar surface area (TPSA) is 70.4 Å². The minimum atomic E-state index is -0.131. The van der Waals surface area contributed by atoms with Crippen LogP contribution in [0.2, 0.25) is 5.02 Å². The second-order valence-electron chi connectivity index (χ2n) is 8.93. The van der Waals surface area contributed by atoms with E-state index in [0.29, 0.717) is 56.3 Å². The molecule has 0 saturated heterocycles. The molecule has 0 amide bonds. The lowest BCUT2D eigenvalue weighted by molar-refractivity contribution is 0.00200. The van der Waals surface area contributed by atoms with Gasteiger partial charge in [-0.25, -0.2) is 4.98 Å². The highest BCUT2D eigenvalue weighted by Crippen LogP contribution is 2.36. The first-order chi connectivity index (χ1) is 17.4. The first-order valence-corrected chi connectivity index (χ1v) is 13.8. The number of aromatic nitrogens is 2. The van der Waals surface area contributed by atoms with Gasteiger partial charge < -0.3 is 9.47 Å². The number of rotatable bonds is 7. The number of thioether (sulfide) groups is 1. The van der Waals surface area contributed by atoms with Crippen LogP contribution in [0.3, 0.4) is 0 Å². The van der Waals surface area contributed by atoms with E-state index in [1.165, 1.54) is 23.1 Å². The summed E-state index contributed by atoms with van der Waals surface area (Å²) in [7, 11) is 1.60. The summed E-state index contributed by atoms with van der Waals surface area (Å²) in [5.74, 6) is 1.11. The highest BCUT2D eigenvalue weighted by Gasteiger charge is 2.29. The summed E-state index contributed by atoms with van der Waals surface area (Å²) in [6, 6.07) is 14.1. The van der Waals surface area contributed by atoms with Gasteiger partial charge in [-0.3, -0.25) is 14.2 Å². The number of carbonyl (C=O) groups is 1. The molecule has 36 heavy (non-hydrogen) atoms. The molecule has 0 aliphatic carbocycles. The predicted octanol–water partition coefficient (Wildman–Crippen LogP) is 6.18. The quantitative estimate of drug-likeness (QED) is 0.158. The van der Waals surface area contributed by atoms with Crippen molar-refractivity contribution in [2.45, 2.75) is 38.1 Å². The molecular weight excluding hydrogens is 516 g/mol. The van der Waals surface area contributed by atoms with Crippen molar-refractivity contribution in [2.75, 3.05) is 12.9 Å². The van der Waals surface area contributed by atoms with Gasteiger partial charge in [-0.15, -0.1) is 11.3 Å². The maximum absolute atomic E-state index is 14.0. The number of Topliss-reactive ketones (excluding diaryl/α,β-unsaturated/α-hetero) is 1. The molecule has 4 aromatic rings. The van der Waals surface area contributed by atoms with E-state index in [2.05, 4.69) is 13.8 Å². The Kier molecular flexibility index (Phi) is 7.21. The largest absolute Gasteiger partial charge is 0.497 e. The molecule has 0 N–H and O–H groups in total. The van der Waals surface area contributed by atoms with Gasteiger partial charge in [0.05, 0.1) is 36.6 Å². The van der Waals surface area contributed by atoms with E-state index in [1.54, 1.807) is 35.9 Å². The van der Waals surface area contributed by atoms with Crippen LogP contribution in [0.4, 0.5) is 0 Å². The van der Waals surface area contributed by atoms with Crippen LogP contribution in [-0.4, -0.2) is 34.3 Å². The lowest BCUT2D eigenvalue weighted by atomic mass is 9.96. The number of hydrogen-bond acceptors (Lipinski definition) is 7. The Hall–Kier alpha value is -2.65. The molecule has 1 aliphatic rings. The van der Waals surface area contributed by atoms with Gasteiger partial charge in [0.1, 0.15) is 10.6 Å². The van der Waals surface area contributed by atoms with E-state index in [4.69, 9.17) is 26.1 Å². The van der Waals surface area contributed by atoms with Crippen LogP contribution in [0.5, 0.6) is 5.75 Å². The van der Waals surface area contributed by atoms with E-state index in [1.807, 2.05) is 24.3 Å². The third-order valence-corrected chi connectivity index (χ3v) is 8.57. The minimum absolute atomic E-state index is 0.0639. The average molecular weight is 541 g/mol. The Morgan fingerprint density at radius 1 is 1.22 bits per heavy atom. The van der Waals surface area contributed by atoms with Crippen molar-refractivity contribution in [3.8, 4) is 11.4 Å². The van der Waals surface area contributed by atoms with Crippen molar-refractivity contribution >= 4 is 50.7 Å². The third-order valence-electron chi connectivity index (χ3n) is 6.28. The van der Waals surface area contributed by atoms with Gasteiger partial charge in [0, 0.05) is 21.9 Å². The molecular formula is C27H25ClN2O4S2. The summed E-state index contributed by atoms with van der Waals surface area (Å²) >= 11 is 8.71. The third kappa shape index (κ3) is 4.83. The van der Waals surface area contributed by atoms with Gasteiger partial charge in [0.25, 0.3) is 5.56 Å². The number of fused-ring (bicyclic) bond motifs is 3. The summed E-state index contributed by atoms with van der Waals surface area (Å²) in [6.45, 7) is 4.74. The molecule has 9 heteroatoms.